The number of carbonyl (C=O) groups is 1. The fourth-order valence-electron chi connectivity index (χ4n) is 3.07. The molecule has 1 aromatic rings. The normalized spacial score (nSPS) is 17.6. The molecule has 4 nitrogen and oxygen atoms in total. The first-order valence-corrected chi connectivity index (χ1v) is 7.73. The molecule has 124 valence electrons. The van der Waals surface area contributed by atoms with Crippen molar-refractivity contribution in [1.82, 2.24) is 5.32 Å². The summed E-state index contributed by atoms with van der Waals surface area (Å²) in [6, 6.07) is 7.34. The van der Waals surface area contributed by atoms with Crippen LogP contribution >= 0.6 is 24.0 Å². The van der Waals surface area contributed by atoms with Gasteiger partial charge in [-0.05, 0) is 30.5 Å². The van der Waals surface area contributed by atoms with Gasteiger partial charge in [0.2, 0.25) is 5.91 Å². The van der Waals surface area contributed by atoms with Crippen molar-refractivity contribution in [3.05, 3.63) is 34.9 Å². The molecule has 1 aliphatic carbocycles. The molecule has 0 bridgehead atoms. The number of ether oxygens (including phenoxy) is 1. The smallest absolute Gasteiger partial charge is 0.239 e. The lowest BCUT2D eigenvalue weighted by Gasteiger charge is -2.30. The van der Waals surface area contributed by atoms with Gasteiger partial charge < -0.3 is 15.8 Å². The van der Waals surface area contributed by atoms with Gasteiger partial charge in [0.15, 0.2) is 0 Å². The molecular formula is C16H24Cl2N2O2. The summed E-state index contributed by atoms with van der Waals surface area (Å²) in [6.45, 7) is 0.852. The Morgan fingerprint density at radius 2 is 1.95 bits per heavy atom. The van der Waals surface area contributed by atoms with Crippen LogP contribution in [0.1, 0.15) is 31.2 Å². The first-order valence-electron chi connectivity index (χ1n) is 7.36. The standard InChI is InChI=1S/C16H23ClN2O2.ClH/c1-21-10-14(18)15(20)19-11-16(8-2-3-9-16)12-4-6-13(17)7-5-12;/h4-7,14H,2-3,8-11,18H2,1H3,(H,19,20);1H. The van der Waals surface area contributed by atoms with Crippen molar-refractivity contribution in [2.24, 2.45) is 5.73 Å². The number of amides is 1. The van der Waals surface area contributed by atoms with E-state index in [4.69, 9.17) is 22.1 Å². The van der Waals surface area contributed by atoms with E-state index in [-0.39, 0.29) is 30.3 Å². The van der Waals surface area contributed by atoms with Gasteiger partial charge in [0, 0.05) is 24.1 Å². The lowest BCUT2D eigenvalue weighted by molar-refractivity contribution is -0.123. The molecule has 1 aliphatic rings. The third-order valence-corrected chi connectivity index (χ3v) is 4.55. The van der Waals surface area contributed by atoms with Crippen LogP contribution in [0.15, 0.2) is 24.3 Å². The maximum atomic E-state index is 12.0. The van der Waals surface area contributed by atoms with Crippen LogP contribution in [0.25, 0.3) is 0 Å². The highest BCUT2D eigenvalue weighted by Gasteiger charge is 2.36. The van der Waals surface area contributed by atoms with Crippen LogP contribution in [0.2, 0.25) is 5.02 Å². The van der Waals surface area contributed by atoms with Crippen molar-refractivity contribution in [2.75, 3.05) is 20.3 Å². The Balaban J connectivity index is 0.00000242. The molecule has 1 fully saturated rings. The van der Waals surface area contributed by atoms with Crippen LogP contribution in [0.5, 0.6) is 0 Å². The highest BCUT2D eigenvalue weighted by Crippen LogP contribution is 2.40. The molecule has 1 unspecified atom stereocenters. The van der Waals surface area contributed by atoms with Gasteiger partial charge in [0.25, 0.3) is 0 Å². The Kier molecular flexibility index (Phi) is 7.63. The molecule has 1 atom stereocenters. The number of methoxy groups -OCH3 is 1. The van der Waals surface area contributed by atoms with Gasteiger partial charge in [-0.1, -0.05) is 36.6 Å². The Morgan fingerprint density at radius 1 is 1.36 bits per heavy atom. The van der Waals surface area contributed by atoms with Crippen LogP contribution < -0.4 is 11.1 Å². The first kappa shape index (κ1) is 19.2. The second-order valence-electron chi connectivity index (χ2n) is 5.77. The summed E-state index contributed by atoms with van der Waals surface area (Å²) < 4.78 is 4.92. The lowest BCUT2D eigenvalue weighted by atomic mass is 9.79. The zero-order valence-corrected chi connectivity index (χ0v) is 14.4. The number of benzene rings is 1. The molecule has 0 aromatic heterocycles. The van der Waals surface area contributed by atoms with Crippen LogP contribution in [0.3, 0.4) is 0 Å². The highest BCUT2D eigenvalue weighted by molar-refractivity contribution is 6.30. The number of nitrogens with one attached hydrogen (secondary N) is 1. The molecule has 22 heavy (non-hydrogen) atoms. The van der Waals surface area contributed by atoms with Gasteiger partial charge in [-0.25, -0.2) is 0 Å². The zero-order chi connectivity index (χ0) is 15.3. The summed E-state index contributed by atoms with van der Waals surface area (Å²) in [7, 11) is 1.54. The summed E-state index contributed by atoms with van der Waals surface area (Å²) in [5.74, 6) is -0.155. The molecule has 2 rings (SSSR count). The molecular weight excluding hydrogens is 323 g/mol. The summed E-state index contributed by atoms with van der Waals surface area (Å²) >= 11 is 5.97. The molecule has 1 amide bonds. The van der Waals surface area contributed by atoms with E-state index in [0.29, 0.717) is 6.54 Å². The van der Waals surface area contributed by atoms with Gasteiger partial charge in [-0.3, -0.25) is 4.79 Å². The number of hydrogen-bond acceptors (Lipinski definition) is 3. The average Bonchev–Trinajstić information content (AvgIpc) is 2.96. The summed E-state index contributed by atoms with van der Waals surface area (Å²) in [4.78, 5) is 12.0. The monoisotopic (exact) mass is 346 g/mol. The summed E-state index contributed by atoms with van der Waals surface area (Å²) in [6.07, 6.45) is 4.52. The molecule has 0 radical (unpaired) electrons. The maximum absolute atomic E-state index is 12.0. The molecule has 1 saturated carbocycles. The Hall–Kier alpha value is -0.810. The zero-order valence-electron chi connectivity index (χ0n) is 12.8. The summed E-state index contributed by atoms with van der Waals surface area (Å²) in [5, 5.41) is 3.72. The minimum Gasteiger partial charge on any atom is -0.383 e. The van der Waals surface area contributed by atoms with Crippen molar-refractivity contribution in [3.8, 4) is 0 Å². The minimum atomic E-state index is -0.612. The van der Waals surface area contributed by atoms with Gasteiger partial charge in [0.1, 0.15) is 6.04 Å². The van der Waals surface area contributed by atoms with E-state index in [9.17, 15) is 4.79 Å². The van der Waals surface area contributed by atoms with E-state index in [1.807, 2.05) is 12.1 Å². The van der Waals surface area contributed by atoms with Crippen molar-refractivity contribution in [3.63, 3.8) is 0 Å². The van der Waals surface area contributed by atoms with E-state index in [0.717, 1.165) is 17.9 Å². The minimum absolute atomic E-state index is 0. The second-order valence-corrected chi connectivity index (χ2v) is 6.21. The fraction of sp³-hybridized carbons (Fsp3) is 0.562. The maximum Gasteiger partial charge on any atom is 0.239 e. The first-order chi connectivity index (χ1) is 10.1. The molecule has 3 N–H and O–H groups in total. The van der Waals surface area contributed by atoms with Gasteiger partial charge in [-0.15, -0.1) is 12.4 Å². The van der Waals surface area contributed by atoms with Gasteiger partial charge in [-0.2, -0.15) is 0 Å². The van der Waals surface area contributed by atoms with Crippen LogP contribution in [-0.2, 0) is 14.9 Å². The lowest BCUT2D eigenvalue weighted by Crippen LogP contribution is -2.47. The Morgan fingerprint density at radius 3 is 2.50 bits per heavy atom. The average molecular weight is 347 g/mol. The molecule has 0 saturated heterocycles. The number of rotatable bonds is 6. The molecule has 0 aliphatic heterocycles. The number of nitrogens with two attached hydrogens (primary N) is 1. The highest BCUT2D eigenvalue weighted by atomic mass is 35.5. The van der Waals surface area contributed by atoms with Crippen LogP contribution in [0.4, 0.5) is 0 Å². The largest absolute Gasteiger partial charge is 0.383 e. The Labute approximate surface area is 143 Å². The van der Waals surface area contributed by atoms with Gasteiger partial charge >= 0.3 is 0 Å². The van der Waals surface area contributed by atoms with E-state index >= 15 is 0 Å². The SMILES string of the molecule is COCC(N)C(=O)NCC1(c2ccc(Cl)cc2)CCCC1.Cl. The van der Waals surface area contributed by atoms with Crippen molar-refractivity contribution < 1.29 is 9.53 Å². The molecule has 1 aromatic carbocycles. The van der Waals surface area contributed by atoms with E-state index < -0.39 is 6.04 Å². The molecule has 0 heterocycles. The molecule has 0 spiro atoms. The van der Waals surface area contributed by atoms with Crippen LogP contribution in [-0.4, -0.2) is 32.2 Å². The number of carbonyl (C=O) groups excluding carboxylic acids is 1. The van der Waals surface area contributed by atoms with Crippen LogP contribution in [0, 0.1) is 0 Å². The number of halogens is 2. The molecule has 6 heteroatoms. The number of hydrogen-bond donors (Lipinski definition) is 2. The predicted molar refractivity (Wildman–Crippen MR) is 91.7 cm³/mol. The van der Waals surface area contributed by atoms with Crippen molar-refractivity contribution in [1.29, 1.82) is 0 Å². The quantitative estimate of drug-likeness (QED) is 0.832. The second kappa shape index (κ2) is 8.73. The third kappa shape index (κ3) is 4.59. The fourth-order valence-corrected chi connectivity index (χ4v) is 3.19. The van der Waals surface area contributed by atoms with E-state index in [2.05, 4.69) is 17.4 Å². The van der Waals surface area contributed by atoms with Gasteiger partial charge in [0.05, 0.1) is 6.61 Å². The summed E-state index contributed by atoms with van der Waals surface area (Å²) in [5.41, 5.74) is 7.01. The Bertz CT molecular complexity index is 474. The van der Waals surface area contributed by atoms with Crippen molar-refractivity contribution >= 4 is 29.9 Å². The topological polar surface area (TPSA) is 64.3 Å². The van der Waals surface area contributed by atoms with E-state index in [1.165, 1.54) is 18.4 Å². The van der Waals surface area contributed by atoms with Crippen molar-refractivity contribution in [2.45, 2.75) is 37.1 Å². The predicted octanol–water partition coefficient (Wildman–Crippen LogP) is 2.66. The third-order valence-electron chi connectivity index (χ3n) is 4.30. The van der Waals surface area contributed by atoms with E-state index in [1.54, 1.807) is 7.11 Å².